The lowest BCUT2D eigenvalue weighted by atomic mass is 9.89. The van der Waals surface area contributed by atoms with Gasteiger partial charge in [0.2, 0.25) is 5.95 Å². The second-order valence-corrected chi connectivity index (χ2v) is 16.3. The Hall–Kier alpha value is -8.61. The van der Waals surface area contributed by atoms with E-state index in [9.17, 15) is 0 Å². The lowest BCUT2D eigenvalue weighted by molar-refractivity contribution is 0.669. The zero-order valence-corrected chi connectivity index (χ0v) is 33.7. The monoisotopic (exact) mass is 803 g/mol. The van der Waals surface area contributed by atoms with Crippen LogP contribution >= 0.6 is 0 Å². The number of rotatable bonds is 5. The molecule has 63 heavy (non-hydrogen) atoms. The molecule has 292 valence electrons. The minimum Gasteiger partial charge on any atom is -0.456 e. The summed E-state index contributed by atoms with van der Waals surface area (Å²) in [6, 6.07) is 70.6. The van der Waals surface area contributed by atoms with Crippen molar-refractivity contribution >= 4 is 87.1 Å². The Labute approximate surface area is 359 Å². The fourth-order valence-corrected chi connectivity index (χ4v) is 10.3. The van der Waals surface area contributed by atoms with Crippen molar-refractivity contribution in [2.75, 3.05) is 0 Å². The average molecular weight is 804 g/mol. The summed E-state index contributed by atoms with van der Waals surface area (Å²) < 4.78 is 11.1. The Bertz CT molecular complexity index is 4140. The minimum absolute atomic E-state index is 0.552. The first kappa shape index (κ1) is 34.1. The summed E-state index contributed by atoms with van der Waals surface area (Å²) in [4.78, 5) is 16.1. The van der Waals surface area contributed by atoms with Crippen molar-refractivity contribution in [3.8, 4) is 45.5 Å². The summed E-state index contributed by atoms with van der Waals surface area (Å²) in [5.74, 6) is 1.75. The summed E-state index contributed by atoms with van der Waals surface area (Å²) in [7, 11) is 0. The highest BCUT2D eigenvalue weighted by Crippen LogP contribution is 2.47. The van der Waals surface area contributed by atoms with Crippen LogP contribution in [-0.4, -0.2) is 24.1 Å². The first-order valence-electron chi connectivity index (χ1n) is 21.3. The van der Waals surface area contributed by atoms with Crippen LogP contribution in [0.25, 0.3) is 133 Å². The van der Waals surface area contributed by atoms with E-state index in [0.29, 0.717) is 17.6 Å². The summed E-state index contributed by atoms with van der Waals surface area (Å²) in [5, 5.41) is 11.7. The van der Waals surface area contributed by atoms with E-state index in [2.05, 4.69) is 191 Å². The van der Waals surface area contributed by atoms with E-state index in [0.717, 1.165) is 82.7 Å². The van der Waals surface area contributed by atoms with Gasteiger partial charge in [-0.1, -0.05) is 158 Å². The molecule has 0 saturated carbocycles. The molecule has 0 fully saturated rings. The fraction of sp³-hybridized carbons (Fsp3) is 0. The number of benzene rings is 10. The van der Waals surface area contributed by atoms with Crippen LogP contribution in [0.4, 0.5) is 0 Å². The predicted molar refractivity (Wildman–Crippen MR) is 258 cm³/mol. The molecule has 0 unspecified atom stereocenters. The van der Waals surface area contributed by atoms with E-state index in [4.69, 9.17) is 19.4 Å². The largest absolute Gasteiger partial charge is 0.456 e. The molecule has 0 spiro atoms. The summed E-state index contributed by atoms with van der Waals surface area (Å²) in [6.45, 7) is 0. The van der Waals surface area contributed by atoms with Crippen molar-refractivity contribution in [1.82, 2.24) is 24.1 Å². The zero-order valence-electron chi connectivity index (χ0n) is 33.7. The van der Waals surface area contributed by atoms with E-state index in [1.54, 1.807) is 0 Å². The number of para-hydroxylation sites is 3. The van der Waals surface area contributed by atoms with Gasteiger partial charge in [0.15, 0.2) is 11.6 Å². The van der Waals surface area contributed by atoms with Crippen molar-refractivity contribution in [1.29, 1.82) is 0 Å². The first-order chi connectivity index (χ1) is 31.3. The van der Waals surface area contributed by atoms with Gasteiger partial charge in [0.1, 0.15) is 11.2 Å². The number of hydrogen-bond donors (Lipinski definition) is 0. The lowest BCUT2D eigenvalue weighted by Gasteiger charge is -2.14. The molecule has 0 aliphatic carbocycles. The molecule has 0 aliphatic rings. The lowest BCUT2D eigenvalue weighted by Crippen LogP contribution is -2.07. The maximum atomic E-state index is 6.48. The van der Waals surface area contributed by atoms with Gasteiger partial charge in [-0.25, -0.2) is 4.98 Å². The zero-order chi connectivity index (χ0) is 41.2. The van der Waals surface area contributed by atoms with Gasteiger partial charge in [0, 0.05) is 54.5 Å². The first-order valence-corrected chi connectivity index (χ1v) is 21.3. The Morgan fingerprint density at radius 1 is 0.333 bits per heavy atom. The Kier molecular flexibility index (Phi) is 7.02. The van der Waals surface area contributed by atoms with Crippen molar-refractivity contribution in [2.24, 2.45) is 0 Å². The Balaban J connectivity index is 1.06. The van der Waals surface area contributed by atoms with Crippen LogP contribution in [0.5, 0.6) is 0 Å². The van der Waals surface area contributed by atoms with Crippen LogP contribution in [0.15, 0.2) is 205 Å². The van der Waals surface area contributed by atoms with Gasteiger partial charge in [-0.2, -0.15) is 9.97 Å². The molecule has 0 atom stereocenters. The van der Waals surface area contributed by atoms with Gasteiger partial charge in [-0.15, -0.1) is 0 Å². The molecule has 0 N–H and O–H groups in total. The average Bonchev–Trinajstić information content (AvgIpc) is 4.02. The van der Waals surface area contributed by atoms with Crippen LogP contribution in [0.1, 0.15) is 0 Å². The topological polar surface area (TPSA) is 61.7 Å². The van der Waals surface area contributed by atoms with Crippen LogP contribution in [0.3, 0.4) is 0 Å². The summed E-state index contributed by atoms with van der Waals surface area (Å²) in [6.07, 6.45) is 0. The fourth-order valence-electron chi connectivity index (χ4n) is 10.3. The SMILES string of the molecule is c1ccc(-c2nc(-c3cccc(-c4ccc5oc6cccc7c8ccccc8c4c5c67)c3)nc(-n3c4ccccc4c4ccc5c6ccccc6n(-c6ccccc6)c5c43)n2)cc1. The summed E-state index contributed by atoms with van der Waals surface area (Å²) in [5.41, 5.74) is 11.2. The van der Waals surface area contributed by atoms with Crippen molar-refractivity contribution in [3.05, 3.63) is 200 Å². The third kappa shape index (κ3) is 4.86. The molecule has 4 heterocycles. The molecule has 0 saturated heterocycles. The number of furan rings is 1. The number of nitrogens with zero attached hydrogens (tertiary/aromatic N) is 5. The normalized spacial score (nSPS) is 12.1. The molecule has 0 bridgehead atoms. The Morgan fingerprint density at radius 3 is 1.63 bits per heavy atom. The molecule has 0 radical (unpaired) electrons. The van der Waals surface area contributed by atoms with Crippen LogP contribution in [-0.2, 0) is 0 Å². The predicted octanol–water partition coefficient (Wildman–Crippen LogP) is 14.7. The maximum absolute atomic E-state index is 6.48. The highest BCUT2D eigenvalue weighted by molar-refractivity contribution is 6.35. The van der Waals surface area contributed by atoms with Crippen LogP contribution in [0.2, 0.25) is 0 Å². The van der Waals surface area contributed by atoms with Crippen molar-refractivity contribution in [2.45, 2.75) is 0 Å². The molecule has 6 nitrogen and oxygen atoms in total. The van der Waals surface area contributed by atoms with E-state index < -0.39 is 0 Å². The molecular weight excluding hydrogens is 771 g/mol. The van der Waals surface area contributed by atoms with E-state index in [1.807, 2.05) is 18.2 Å². The quantitative estimate of drug-likeness (QED) is 0.163. The molecule has 14 rings (SSSR count). The number of fused-ring (bicyclic) bond motifs is 10. The number of aromatic nitrogens is 5. The van der Waals surface area contributed by atoms with E-state index in [1.165, 1.54) is 32.3 Å². The molecule has 14 aromatic rings. The second-order valence-electron chi connectivity index (χ2n) is 16.3. The van der Waals surface area contributed by atoms with Crippen molar-refractivity contribution < 1.29 is 4.42 Å². The minimum atomic E-state index is 0.552. The van der Waals surface area contributed by atoms with Crippen LogP contribution in [0, 0.1) is 0 Å². The van der Waals surface area contributed by atoms with Crippen LogP contribution < -0.4 is 0 Å². The standard InChI is InChI=1S/C57H33N5O/c1-3-15-34(16-4-1)55-58-56(36-18-13-17-35(33-36)38-31-32-49-52-50(38)42-24-8-7-21-39(42)43-25-14-28-48(63-49)51(43)52)60-57(59-55)62-47-27-12-10-23-41(47)45-30-29-44-40-22-9-11-26-46(40)61(53(44)54(45)62)37-19-5-2-6-20-37/h1-33H. The molecule has 4 aromatic heterocycles. The molecule has 0 aliphatic heterocycles. The second kappa shape index (κ2) is 12.9. The number of hydrogen-bond acceptors (Lipinski definition) is 4. The van der Waals surface area contributed by atoms with Gasteiger partial charge in [0.25, 0.3) is 0 Å². The highest BCUT2D eigenvalue weighted by atomic mass is 16.3. The third-order valence-electron chi connectivity index (χ3n) is 12.9. The Morgan fingerprint density at radius 2 is 0.873 bits per heavy atom. The maximum Gasteiger partial charge on any atom is 0.238 e. The van der Waals surface area contributed by atoms with Gasteiger partial charge in [-0.3, -0.25) is 4.57 Å². The molecule has 6 heteroatoms. The van der Waals surface area contributed by atoms with Crippen molar-refractivity contribution in [3.63, 3.8) is 0 Å². The summed E-state index contributed by atoms with van der Waals surface area (Å²) >= 11 is 0. The van der Waals surface area contributed by atoms with Gasteiger partial charge >= 0.3 is 0 Å². The van der Waals surface area contributed by atoms with E-state index >= 15 is 0 Å². The van der Waals surface area contributed by atoms with Gasteiger partial charge in [-0.05, 0) is 69.8 Å². The smallest absolute Gasteiger partial charge is 0.238 e. The molecule has 10 aromatic carbocycles. The van der Waals surface area contributed by atoms with E-state index in [-0.39, 0.29) is 0 Å². The van der Waals surface area contributed by atoms with Gasteiger partial charge < -0.3 is 8.98 Å². The van der Waals surface area contributed by atoms with Gasteiger partial charge in [0.05, 0.1) is 22.1 Å². The highest BCUT2D eigenvalue weighted by Gasteiger charge is 2.24. The molecular formula is C57H33N5O. The molecule has 0 amide bonds. The third-order valence-corrected chi connectivity index (χ3v) is 12.9.